The molecular formula is C14H23N3S. The summed E-state index contributed by atoms with van der Waals surface area (Å²) in [7, 11) is 0. The minimum atomic E-state index is 0.274. The highest BCUT2D eigenvalue weighted by molar-refractivity contribution is 7.99. The monoisotopic (exact) mass is 265 g/mol. The molecule has 4 heteroatoms. The van der Waals surface area contributed by atoms with Crippen LogP contribution in [0.4, 0.5) is 0 Å². The van der Waals surface area contributed by atoms with Crippen LogP contribution in [0.3, 0.4) is 0 Å². The molecule has 0 amide bonds. The van der Waals surface area contributed by atoms with E-state index in [2.05, 4.69) is 43.0 Å². The highest BCUT2D eigenvalue weighted by atomic mass is 32.2. The predicted octanol–water partition coefficient (Wildman–Crippen LogP) is 2.82. The van der Waals surface area contributed by atoms with E-state index >= 15 is 0 Å². The van der Waals surface area contributed by atoms with Crippen LogP contribution in [0.2, 0.25) is 0 Å². The third kappa shape index (κ3) is 6.07. The number of nitrogens with zero attached hydrogens (tertiary/aromatic N) is 1. The molecule has 100 valence electrons. The van der Waals surface area contributed by atoms with Crippen LogP contribution < -0.4 is 5.73 Å². The summed E-state index contributed by atoms with van der Waals surface area (Å²) in [6.07, 6.45) is 0.661. The molecule has 1 rings (SSSR count). The molecule has 0 spiro atoms. The molecule has 0 aliphatic carbocycles. The van der Waals surface area contributed by atoms with Crippen molar-refractivity contribution in [3.05, 3.63) is 30.3 Å². The van der Waals surface area contributed by atoms with E-state index in [0.29, 0.717) is 12.5 Å². The Labute approximate surface area is 114 Å². The lowest BCUT2D eigenvalue weighted by atomic mass is 10.3. The van der Waals surface area contributed by atoms with Gasteiger partial charge >= 0.3 is 0 Å². The van der Waals surface area contributed by atoms with E-state index in [1.54, 1.807) is 0 Å². The number of nitrogens with one attached hydrogen (secondary N) is 1. The molecule has 0 aliphatic rings. The van der Waals surface area contributed by atoms with Gasteiger partial charge in [0.05, 0.1) is 5.84 Å². The second-order valence-corrected chi connectivity index (χ2v) is 5.73. The molecule has 0 saturated heterocycles. The fourth-order valence-electron chi connectivity index (χ4n) is 1.69. The maximum atomic E-state index is 7.29. The van der Waals surface area contributed by atoms with Gasteiger partial charge in [-0.1, -0.05) is 18.2 Å². The number of benzene rings is 1. The molecule has 0 atom stereocenters. The highest BCUT2D eigenvalue weighted by Crippen LogP contribution is 2.17. The smallest absolute Gasteiger partial charge is 0.0918 e. The summed E-state index contributed by atoms with van der Waals surface area (Å²) in [5.41, 5.74) is 5.41. The maximum absolute atomic E-state index is 7.29. The predicted molar refractivity (Wildman–Crippen MR) is 80.4 cm³/mol. The first-order chi connectivity index (χ1) is 8.59. The van der Waals surface area contributed by atoms with Crippen molar-refractivity contribution in [3.8, 4) is 0 Å². The summed E-state index contributed by atoms with van der Waals surface area (Å²) in [5, 5.41) is 7.29. The molecule has 0 fully saturated rings. The Hall–Kier alpha value is -1.00. The van der Waals surface area contributed by atoms with Gasteiger partial charge in [-0.05, 0) is 26.0 Å². The van der Waals surface area contributed by atoms with E-state index in [4.69, 9.17) is 11.1 Å². The Kier molecular flexibility index (Phi) is 6.83. The number of hydrogen-bond acceptors (Lipinski definition) is 3. The molecule has 0 saturated carbocycles. The number of thioether (sulfide) groups is 1. The van der Waals surface area contributed by atoms with Crippen LogP contribution in [0.25, 0.3) is 0 Å². The first-order valence-electron chi connectivity index (χ1n) is 6.34. The van der Waals surface area contributed by atoms with Gasteiger partial charge in [-0.15, -0.1) is 11.8 Å². The van der Waals surface area contributed by atoms with Gasteiger partial charge in [0.1, 0.15) is 0 Å². The fraction of sp³-hybridized carbons (Fsp3) is 0.500. The van der Waals surface area contributed by atoms with Gasteiger partial charge in [0.15, 0.2) is 0 Å². The molecule has 1 aromatic carbocycles. The Morgan fingerprint density at radius 2 is 1.94 bits per heavy atom. The van der Waals surface area contributed by atoms with Crippen molar-refractivity contribution >= 4 is 17.6 Å². The van der Waals surface area contributed by atoms with E-state index in [1.165, 1.54) is 4.90 Å². The summed E-state index contributed by atoms with van der Waals surface area (Å²) < 4.78 is 0. The second kappa shape index (κ2) is 8.16. The molecular weight excluding hydrogens is 242 g/mol. The van der Waals surface area contributed by atoms with Gasteiger partial charge in [0.25, 0.3) is 0 Å². The summed E-state index contributed by atoms with van der Waals surface area (Å²) >= 11 is 1.87. The molecule has 0 aromatic heterocycles. The van der Waals surface area contributed by atoms with Crippen LogP contribution in [0, 0.1) is 5.41 Å². The van der Waals surface area contributed by atoms with Crippen LogP contribution in [0.15, 0.2) is 35.2 Å². The van der Waals surface area contributed by atoms with E-state index in [1.807, 2.05) is 17.8 Å². The largest absolute Gasteiger partial charge is 0.388 e. The lowest BCUT2D eigenvalue weighted by Crippen LogP contribution is -2.35. The fourth-order valence-corrected chi connectivity index (χ4v) is 2.60. The zero-order valence-electron chi connectivity index (χ0n) is 11.2. The summed E-state index contributed by atoms with van der Waals surface area (Å²) in [4.78, 5) is 3.69. The van der Waals surface area contributed by atoms with Gasteiger partial charge in [-0.3, -0.25) is 10.3 Å². The van der Waals surface area contributed by atoms with Gasteiger partial charge in [-0.2, -0.15) is 0 Å². The lowest BCUT2D eigenvalue weighted by Gasteiger charge is -2.26. The van der Waals surface area contributed by atoms with Crippen LogP contribution in [0.1, 0.15) is 20.3 Å². The molecule has 0 bridgehead atoms. The van der Waals surface area contributed by atoms with E-state index in [9.17, 15) is 0 Å². The third-order valence-corrected chi connectivity index (χ3v) is 3.78. The molecule has 0 unspecified atom stereocenters. The number of nitrogens with two attached hydrogens (primary N) is 1. The summed E-state index contributed by atoms with van der Waals surface area (Å²) in [6.45, 7) is 6.29. The topological polar surface area (TPSA) is 53.1 Å². The van der Waals surface area contributed by atoms with Crippen molar-refractivity contribution in [2.75, 3.05) is 18.8 Å². The van der Waals surface area contributed by atoms with Gasteiger partial charge in [-0.25, -0.2) is 0 Å². The Bertz CT molecular complexity index is 351. The molecule has 1 aromatic rings. The lowest BCUT2D eigenvalue weighted by molar-refractivity contribution is 0.242. The SMILES string of the molecule is CC(C)N(CCSc1ccccc1)CCC(=N)N. The van der Waals surface area contributed by atoms with E-state index in [-0.39, 0.29) is 5.84 Å². The zero-order chi connectivity index (χ0) is 13.4. The normalized spacial score (nSPS) is 11.1. The molecule has 3 nitrogen and oxygen atoms in total. The van der Waals surface area contributed by atoms with Gasteiger partial charge < -0.3 is 5.73 Å². The first kappa shape index (κ1) is 15.1. The Morgan fingerprint density at radius 1 is 1.28 bits per heavy atom. The number of hydrogen-bond donors (Lipinski definition) is 2. The first-order valence-corrected chi connectivity index (χ1v) is 7.33. The minimum absolute atomic E-state index is 0.274. The minimum Gasteiger partial charge on any atom is -0.388 e. The van der Waals surface area contributed by atoms with Crippen LogP contribution >= 0.6 is 11.8 Å². The highest BCUT2D eigenvalue weighted by Gasteiger charge is 2.09. The Morgan fingerprint density at radius 3 is 2.50 bits per heavy atom. The van der Waals surface area contributed by atoms with Crippen LogP contribution in [-0.4, -0.2) is 35.6 Å². The molecule has 18 heavy (non-hydrogen) atoms. The van der Waals surface area contributed by atoms with Gasteiger partial charge in [0.2, 0.25) is 0 Å². The number of rotatable bonds is 8. The van der Waals surface area contributed by atoms with Crippen molar-refractivity contribution in [1.82, 2.24) is 4.90 Å². The average molecular weight is 265 g/mol. The van der Waals surface area contributed by atoms with E-state index < -0.39 is 0 Å². The zero-order valence-corrected chi connectivity index (χ0v) is 12.0. The molecule has 0 heterocycles. The van der Waals surface area contributed by atoms with E-state index in [0.717, 1.165) is 18.8 Å². The van der Waals surface area contributed by atoms with Gasteiger partial charge in [0, 0.05) is 36.2 Å². The number of amidine groups is 1. The van der Waals surface area contributed by atoms with Crippen molar-refractivity contribution in [2.45, 2.75) is 31.2 Å². The second-order valence-electron chi connectivity index (χ2n) is 4.57. The van der Waals surface area contributed by atoms with Crippen molar-refractivity contribution in [2.24, 2.45) is 5.73 Å². The van der Waals surface area contributed by atoms with Crippen LogP contribution in [-0.2, 0) is 0 Å². The maximum Gasteiger partial charge on any atom is 0.0918 e. The Balaban J connectivity index is 2.31. The third-order valence-electron chi connectivity index (χ3n) is 2.79. The standard InChI is InChI=1S/C14H23N3S/c1-12(2)17(9-8-14(15)16)10-11-18-13-6-4-3-5-7-13/h3-7,12H,8-11H2,1-2H3,(H3,15,16). The average Bonchev–Trinajstić information content (AvgIpc) is 2.34. The molecule has 0 aliphatic heterocycles. The summed E-state index contributed by atoms with van der Waals surface area (Å²) in [5.74, 6) is 1.34. The van der Waals surface area contributed by atoms with Crippen molar-refractivity contribution < 1.29 is 0 Å². The molecule has 3 N–H and O–H groups in total. The summed E-state index contributed by atoms with van der Waals surface area (Å²) in [6, 6.07) is 11.0. The molecule has 0 radical (unpaired) electrons. The quantitative estimate of drug-likeness (QED) is 0.432. The van der Waals surface area contributed by atoms with Crippen molar-refractivity contribution in [3.63, 3.8) is 0 Å². The van der Waals surface area contributed by atoms with Crippen LogP contribution in [0.5, 0.6) is 0 Å². The van der Waals surface area contributed by atoms with Crippen molar-refractivity contribution in [1.29, 1.82) is 5.41 Å².